The number of ether oxygens (including phenoxy) is 1. The molecule has 1 fully saturated rings. The van der Waals surface area contributed by atoms with E-state index in [2.05, 4.69) is 6.92 Å². The van der Waals surface area contributed by atoms with Gasteiger partial charge in [0.15, 0.2) is 0 Å². The van der Waals surface area contributed by atoms with Crippen LogP contribution in [0.4, 0.5) is 0 Å². The molecule has 2 N–H and O–H groups in total. The van der Waals surface area contributed by atoms with Crippen molar-refractivity contribution in [2.75, 3.05) is 19.7 Å². The van der Waals surface area contributed by atoms with Gasteiger partial charge in [0.05, 0.1) is 6.61 Å². The van der Waals surface area contributed by atoms with Crippen molar-refractivity contribution in [3.05, 3.63) is 29.8 Å². The Morgan fingerprint density at radius 1 is 1.30 bits per heavy atom. The summed E-state index contributed by atoms with van der Waals surface area (Å²) in [4.78, 5) is 14.3. The van der Waals surface area contributed by atoms with Crippen LogP contribution < -0.4 is 10.5 Å². The van der Waals surface area contributed by atoms with Crippen molar-refractivity contribution in [2.24, 2.45) is 11.7 Å². The van der Waals surface area contributed by atoms with Gasteiger partial charge in [-0.2, -0.15) is 0 Å². The predicted molar refractivity (Wildman–Crippen MR) is 96.1 cm³/mol. The number of benzene rings is 1. The standard InChI is InChI=1S/C18H28N2O2.ClH/c1-3-22-17-7-4-15(5-8-17)6-9-18(21)20-12-10-16(11-13-20)14(2)19;/h4-5,7-8,14,16H,3,6,9-13,19H2,1-2H3;1H. The highest BCUT2D eigenvalue weighted by atomic mass is 35.5. The second kappa shape index (κ2) is 9.78. The largest absolute Gasteiger partial charge is 0.494 e. The van der Waals surface area contributed by atoms with E-state index in [0.29, 0.717) is 18.9 Å². The predicted octanol–water partition coefficient (Wildman–Crippen LogP) is 3.03. The Bertz CT molecular complexity index is 468. The van der Waals surface area contributed by atoms with Crippen LogP contribution in [-0.2, 0) is 11.2 Å². The van der Waals surface area contributed by atoms with Crippen LogP contribution in [-0.4, -0.2) is 36.5 Å². The van der Waals surface area contributed by atoms with E-state index in [0.717, 1.165) is 38.1 Å². The first-order valence-electron chi connectivity index (χ1n) is 8.35. The van der Waals surface area contributed by atoms with Crippen LogP contribution >= 0.6 is 12.4 Å². The first kappa shape index (κ1) is 19.8. The maximum Gasteiger partial charge on any atom is 0.222 e. The summed E-state index contributed by atoms with van der Waals surface area (Å²) in [5.74, 6) is 1.71. The van der Waals surface area contributed by atoms with E-state index in [1.807, 2.05) is 36.1 Å². The summed E-state index contributed by atoms with van der Waals surface area (Å²) in [7, 11) is 0. The summed E-state index contributed by atoms with van der Waals surface area (Å²) in [6.45, 7) is 6.42. The molecule has 4 nitrogen and oxygen atoms in total. The van der Waals surface area contributed by atoms with E-state index in [9.17, 15) is 4.79 Å². The highest BCUT2D eigenvalue weighted by molar-refractivity contribution is 5.85. The van der Waals surface area contributed by atoms with Gasteiger partial charge in [0.25, 0.3) is 0 Å². The highest BCUT2D eigenvalue weighted by Crippen LogP contribution is 2.20. The Morgan fingerprint density at radius 3 is 2.43 bits per heavy atom. The topological polar surface area (TPSA) is 55.6 Å². The van der Waals surface area contributed by atoms with Crippen molar-refractivity contribution in [2.45, 2.75) is 45.6 Å². The van der Waals surface area contributed by atoms with Gasteiger partial charge in [-0.3, -0.25) is 4.79 Å². The Balaban J connectivity index is 0.00000264. The SMILES string of the molecule is CCOc1ccc(CCC(=O)N2CCC(C(C)N)CC2)cc1.Cl. The molecule has 1 saturated heterocycles. The van der Waals surface area contributed by atoms with E-state index < -0.39 is 0 Å². The number of nitrogens with two attached hydrogens (primary N) is 1. The fourth-order valence-electron chi connectivity index (χ4n) is 3.00. The number of rotatable bonds is 6. The molecule has 5 heteroatoms. The van der Waals surface area contributed by atoms with Crippen LogP contribution in [0, 0.1) is 5.92 Å². The van der Waals surface area contributed by atoms with Gasteiger partial charge in [0, 0.05) is 25.6 Å². The fraction of sp³-hybridized carbons (Fsp3) is 0.611. The molecule has 1 aromatic rings. The van der Waals surface area contributed by atoms with E-state index in [1.165, 1.54) is 5.56 Å². The van der Waals surface area contributed by atoms with Gasteiger partial charge in [0.1, 0.15) is 5.75 Å². The zero-order valence-electron chi connectivity index (χ0n) is 14.2. The molecule has 2 rings (SSSR count). The number of halogens is 1. The lowest BCUT2D eigenvalue weighted by Gasteiger charge is -2.33. The molecular weight excluding hydrogens is 312 g/mol. The van der Waals surface area contributed by atoms with Crippen molar-refractivity contribution >= 4 is 18.3 Å². The zero-order valence-corrected chi connectivity index (χ0v) is 15.0. The third-order valence-electron chi connectivity index (χ3n) is 4.50. The monoisotopic (exact) mass is 340 g/mol. The molecule has 1 aliphatic heterocycles. The van der Waals surface area contributed by atoms with Crippen LogP contribution in [0.25, 0.3) is 0 Å². The Labute approximate surface area is 145 Å². The van der Waals surface area contributed by atoms with E-state index in [4.69, 9.17) is 10.5 Å². The number of hydrogen-bond acceptors (Lipinski definition) is 3. The lowest BCUT2D eigenvalue weighted by atomic mass is 9.91. The molecule has 23 heavy (non-hydrogen) atoms. The Morgan fingerprint density at radius 2 is 1.91 bits per heavy atom. The first-order valence-corrected chi connectivity index (χ1v) is 8.35. The molecule has 0 saturated carbocycles. The minimum absolute atomic E-state index is 0. The van der Waals surface area contributed by atoms with Crippen molar-refractivity contribution in [1.29, 1.82) is 0 Å². The highest BCUT2D eigenvalue weighted by Gasteiger charge is 2.24. The summed E-state index contributed by atoms with van der Waals surface area (Å²) in [5.41, 5.74) is 7.13. The van der Waals surface area contributed by atoms with E-state index in [-0.39, 0.29) is 24.4 Å². The maximum absolute atomic E-state index is 12.3. The maximum atomic E-state index is 12.3. The molecule has 1 atom stereocenters. The number of likely N-dealkylation sites (tertiary alicyclic amines) is 1. The molecule has 0 bridgehead atoms. The second-order valence-electron chi connectivity index (χ2n) is 6.15. The van der Waals surface area contributed by atoms with Gasteiger partial charge in [-0.05, 0) is 56.7 Å². The molecule has 0 aliphatic carbocycles. The van der Waals surface area contributed by atoms with Gasteiger partial charge < -0.3 is 15.4 Å². The number of nitrogens with zero attached hydrogens (tertiary/aromatic N) is 1. The second-order valence-corrected chi connectivity index (χ2v) is 6.15. The number of amides is 1. The molecule has 0 spiro atoms. The molecular formula is C18H29ClN2O2. The van der Waals surface area contributed by atoms with E-state index in [1.54, 1.807) is 0 Å². The minimum Gasteiger partial charge on any atom is -0.494 e. The molecule has 0 aromatic heterocycles. The molecule has 1 heterocycles. The van der Waals surface area contributed by atoms with Crippen LogP contribution in [0.1, 0.15) is 38.7 Å². The average Bonchev–Trinajstić information content (AvgIpc) is 2.54. The Kier molecular flexibility index (Phi) is 8.42. The van der Waals surface area contributed by atoms with Crippen LogP contribution in [0.2, 0.25) is 0 Å². The average molecular weight is 341 g/mol. The number of carbonyl (C=O) groups is 1. The Hall–Kier alpha value is -1.26. The third kappa shape index (κ3) is 6.04. The lowest BCUT2D eigenvalue weighted by molar-refractivity contribution is -0.132. The third-order valence-corrected chi connectivity index (χ3v) is 4.50. The van der Waals surface area contributed by atoms with Crippen molar-refractivity contribution in [3.63, 3.8) is 0 Å². The normalized spacial score (nSPS) is 16.6. The number of carbonyl (C=O) groups excluding carboxylic acids is 1. The first-order chi connectivity index (χ1) is 10.6. The van der Waals surface area contributed by atoms with Gasteiger partial charge >= 0.3 is 0 Å². The van der Waals surface area contributed by atoms with Crippen molar-refractivity contribution in [1.82, 2.24) is 4.90 Å². The molecule has 1 amide bonds. The number of hydrogen-bond donors (Lipinski definition) is 1. The van der Waals surface area contributed by atoms with Crippen LogP contribution in [0.5, 0.6) is 5.75 Å². The van der Waals surface area contributed by atoms with Crippen molar-refractivity contribution < 1.29 is 9.53 Å². The van der Waals surface area contributed by atoms with Crippen molar-refractivity contribution in [3.8, 4) is 5.75 Å². The van der Waals surface area contributed by atoms with Crippen LogP contribution in [0.15, 0.2) is 24.3 Å². The molecule has 1 aliphatic rings. The minimum atomic E-state index is 0. The summed E-state index contributed by atoms with van der Waals surface area (Å²) in [6, 6.07) is 8.26. The summed E-state index contributed by atoms with van der Waals surface area (Å²) >= 11 is 0. The fourth-order valence-corrected chi connectivity index (χ4v) is 3.00. The molecule has 1 aromatic carbocycles. The molecule has 0 radical (unpaired) electrons. The van der Waals surface area contributed by atoms with Gasteiger partial charge in [0.2, 0.25) is 5.91 Å². The number of aryl methyl sites for hydroxylation is 1. The van der Waals surface area contributed by atoms with Gasteiger partial charge in [-0.1, -0.05) is 12.1 Å². The summed E-state index contributed by atoms with van der Waals surface area (Å²) in [6.07, 6.45) is 3.44. The van der Waals surface area contributed by atoms with E-state index >= 15 is 0 Å². The van der Waals surface area contributed by atoms with Gasteiger partial charge in [-0.25, -0.2) is 0 Å². The lowest BCUT2D eigenvalue weighted by Crippen LogP contribution is -2.42. The van der Waals surface area contributed by atoms with Gasteiger partial charge in [-0.15, -0.1) is 12.4 Å². The smallest absolute Gasteiger partial charge is 0.222 e. The zero-order chi connectivity index (χ0) is 15.9. The number of piperidine rings is 1. The summed E-state index contributed by atoms with van der Waals surface area (Å²) in [5, 5.41) is 0. The summed E-state index contributed by atoms with van der Waals surface area (Å²) < 4.78 is 5.43. The van der Waals surface area contributed by atoms with Crippen LogP contribution in [0.3, 0.4) is 0 Å². The quantitative estimate of drug-likeness (QED) is 0.866. The molecule has 1 unspecified atom stereocenters. The molecule has 130 valence electrons.